The third kappa shape index (κ3) is 7.32. The van der Waals surface area contributed by atoms with Gasteiger partial charge in [0.15, 0.2) is 0 Å². The fourth-order valence-corrected chi connectivity index (χ4v) is 2.74. The molecule has 0 aliphatic rings. The average molecular weight is 380 g/mol. The van der Waals surface area contributed by atoms with E-state index in [4.69, 9.17) is 16.3 Å². The standard InChI is InChI=1S/C21H27ClFNO2/c1-16(2)11-12-24(13-17-5-3-4-6-21(17)23)14-19(25)15-26-20-9-7-18(22)8-10-20/h3-10,16,19,25H,11-15H2,1-2H3/t19-/m0/s1. The van der Waals surface area contributed by atoms with Crippen LogP contribution in [0.25, 0.3) is 0 Å². The summed E-state index contributed by atoms with van der Waals surface area (Å²) in [4.78, 5) is 2.08. The Kier molecular flexibility index (Phi) is 8.36. The lowest BCUT2D eigenvalue weighted by Crippen LogP contribution is -2.36. The van der Waals surface area contributed by atoms with E-state index >= 15 is 0 Å². The minimum absolute atomic E-state index is 0.178. The molecule has 2 aromatic carbocycles. The molecule has 1 N–H and O–H groups in total. The van der Waals surface area contributed by atoms with Crippen molar-refractivity contribution in [2.75, 3.05) is 19.7 Å². The summed E-state index contributed by atoms with van der Waals surface area (Å²) in [5.74, 6) is 0.991. The largest absolute Gasteiger partial charge is 0.491 e. The molecular weight excluding hydrogens is 353 g/mol. The summed E-state index contributed by atoms with van der Waals surface area (Å²) in [7, 11) is 0. The number of rotatable bonds is 10. The second-order valence-electron chi connectivity index (χ2n) is 6.93. The van der Waals surface area contributed by atoms with Crippen molar-refractivity contribution in [3.05, 3.63) is 64.9 Å². The highest BCUT2D eigenvalue weighted by atomic mass is 35.5. The molecule has 2 rings (SSSR count). The molecule has 0 aliphatic heterocycles. The van der Waals surface area contributed by atoms with E-state index in [1.54, 1.807) is 36.4 Å². The van der Waals surface area contributed by atoms with Crippen molar-refractivity contribution in [1.82, 2.24) is 4.90 Å². The van der Waals surface area contributed by atoms with Crippen LogP contribution in [0.1, 0.15) is 25.8 Å². The summed E-state index contributed by atoms with van der Waals surface area (Å²) in [5.41, 5.74) is 0.641. The van der Waals surface area contributed by atoms with E-state index in [0.29, 0.717) is 35.3 Å². The normalized spacial score (nSPS) is 12.6. The molecule has 0 amide bonds. The Morgan fingerprint density at radius 1 is 1.12 bits per heavy atom. The van der Waals surface area contributed by atoms with Gasteiger partial charge < -0.3 is 9.84 Å². The maximum atomic E-state index is 14.0. The highest BCUT2D eigenvalue weighted by Crippen LogP contribution is 2.16. The molecule has 3 nitrogen and oxygen atoms in total. The molecule has 0 unspecified atom stereocenters. The molecule has 2 aromatic rings. The number of halogens is 2. The van der Waals surface area contributed by atoms with E-state index in [0.717, 1.165) is 13.0 Å². The fraction of sp³-hybridized carbons (Fsp3) is 0.429. The highest BCUT2D eigenvalue weighted by molar-refractivity contribution is 6.30. The Hall–Kier alpha value is -1.62. The number of hydrogen-bond acceptors (Lipinski definition) is 3. The van der Waals surface area contributed by atoms with Gasteiger partial charge in [-0.3, -0.25) is 4.90 Å². The van der Waals surface area contributed by atoms with Crippen LogP contribution in [0, 0.1) is 11.7 Å². The molecule has 0 aromatic heterocycles. The first-order valence-corrected chi connectivity index (χ1v) is 9.34. The van der Waals surface area contributed by atoms with Gasteiger partial charge >= 0.3 is 0 Å². The number of ether oxygens (including phenoxy) is 1. The Bertz CT molecular complexity index is 663. The molecule has 0 aliphatic carbocycles. The second-order valence-corrected chi connectivity index (χ2v) is 7.36. The van der Waals surface area contributed by atoms with Gasteiger partial charge in [-0.2, -0.15) is 0 Å². The van der Waals surface area contributed by atoms with Crippen LogP contribution < -0.4 is 4.74 Å². The number of aliphatic hydroxyl groups excluding tert-OH is 1. The van der Waals surface area contributed by atoms with Gasteiger partial charge in [-0.15, -0.1) is 0 Å². The van der Waals surface area contributed by atoms with Gasteiger partial charge in [-0.05, 0) is 49.2 Å². The summed E-state index contributed by atoms with van der Waals surface area (Å²) in [6, 6.07) is 13.8. The molecule has 0 radical (unpaired) electrons. The van der Waals surface area contributed by atoms with Gasteiger partial charge in [0, 0.05) is 23.7 Å². The molecule has 0 bridgehead atoms. The SMILES string of the molecule is CC(C)CCN(Cc1ccccc1F)C[C@H](O)COc1ccc(Cl)cc1. The van der Waals surface area contributed by atoms with Crippen molar-refractivity contribution in [3.8, 4) is 5.75 Å². The molecular formula is C21H27ClFNO2. The van der Waals surface area contributed by atoms with Crippen LogP contribution in [-0.2, 0) is 6.54 Å². The molecule has 142 valence electrons. The topological polar surface area (TPSA) is 32.7 Å². The summed E-state index contributed by atoms with van der Waals surface area (Å²) < 4.78 is 19.6. The zero-order valence-electron chi connectivity index (χ0n) is 15.4. The molecule has 0 saturated carbocycles. The van der Waals surface area contributed by atoms with Gasteiger partial charge in [0.1, 0.15) is 24.3 Å². The van der Waals surface area contributed by atoms with Crippen LogP contribution >= 0.6 is 11.6 Å². The van der Waals surface area contributed by atoms with E-state index in [9.17, 15) is 9.50 Å². The smallest absolute Gasteiger partial charge is 0.127 e. The highest BCUT2D eigenvalue weighted by Gasteiger charge is 2.15. The van der Waals surface area contributed by atoms with E-state index in [1.165, 1.54) is 6.07 Å². The maximum Gasteiger partial charge on any atom is 0.127 e. The monoisotopic (exact) mass is 379 g/mol. The average Bonchev–Trinajstić information content (AvgIpc) is 2.61. The first-order chi connectivity index (χ1) is 12.4. The molecule has 26 heavy (non-hydrogen) atoms. The first-order valence-electron chi connectivity index (χ1n) is 8.96. The maximum absolute atomic E-state index is 14.0. The predicted octanol–water partition coefficient (Wildman–Crippen LogP) is 4.77. The summed E-state index contributed by atoms with van der Waals surface area (Å²) in [5, 5.41) is 11.0. The number of hydrogen-bond donors (Lipinski definition) is 1. The minimum atomic E-state index is -0.662. The van der Waals surface area contributed by atoms with Crippen LogP contribution in [0.2, 0.25) is 5.02 Å². The number of aliphatic hydroxyl groups is 1. The fourth-order valence-electron chi connectivity index (χ4n) is 2.62. The third-order valence-electron chi connectivity index (χ3n) is 4.10. The van der Waals surface area contributed by atoms with Crippen LogP contribution in [0.3, 0.4) is 0 Å². The summed E-state index contributed by atoms with van der Waals surface area (Å²) in [6.07, 6.45) is 0.323. The van der Waals surface area contributed by atoms with Crippen LogP contribution in [0.15, 0.2) is 48.5 Å². The lowest BCUT2D eigenvalue weighted by Gasteiger charge is -2.26. The van der Waals surface area contributed by atoms with Crippen LogP contribution in [-0.4, -0.2) is 35.8 Å². The van der Waals surface area contributed by atoms with Gasteiger partial charge in [0.2, 0.25) is 0 Å². The van der Waals surface area contributed by atoms with Crippen molar-refractivity contribution in [3.63, 3.8) is 0 Å². The summed E-state index contributed by atoms with van der Waals surface area (Å²) >= 11 is 5.85. The van der Waals surface area contributed by atoms with Gasteiger partial charge in [-0.25, -0.2) is 4.39 Å². The molecule has 1 atom stereocenters. The predicted molar refractivity (Wildman–Crippen MR) is 104 cm³/mol. The third-order valence-corrected chi connectivity index (χ3v) is 4.35. The van der Waals surface area contributed by atoms with Crippen molar-refractivity contribution in [2.45, 2.75) is 32.9 Å². The molecule has 5 heteroatoms. The van der Waals surface area contributed by atoms with E-state index < -0.39 is 6.10 Å². The molecule has 0 saturated heterocycles. The van der Waals surface area contributed by atoms with Crippen molar-refractivity contribution in [1.29, 1.82) is 0 Å². The van der Waals surface area contributed by atoms with E-state index in [1.807, 2.05) is 6.07 Å². The molecule has 0 fully saturated rings. The second kappa shape index (κ2) is 10.5. The Morgan fingerprint density at radius 3 is 2.46 bits per heavy atom. The molecule has 0 heterocycles. The van der Waals surface area contributed by atoms with Gasteiger partial charge in [0.05, 0.1) is 0 Å². The van der Waals surface area contributed by atoms with E-state index in [2.05, 4.69) is 18.7 Å². The van der Waals surface area contributed by atoms with E-state index in [-0.39, 0.29) is 12.4 Å². The zero-order chi connectivity index (χ0) is 18.9. The Labute approximate surface area is 160 Å². The van der Waals surface area contributed by atoms with Crippen molar-refractivity contribution >= 4 is 11.6 Å². The van der Waals surface area contributed by atoms with Crippen LogP contribution in [0.5, 0.6) is 5.75 Å². The van der Waals surface area contributed by atoms with Crippen molar-refractivity contribution < 1.29 is 14.2 Å². The lowest BCUT2D eigenvalue weighted by molar-refractivity contribution is 0.0635. The van der Waals surface area contributed by atoms with Gasteiger partial charge in [-0.1, -0.05) is 43.6 Å². The quantitative estimate of drug-likeness (QED) is 0.645. The van der Waals surface area contributed by atoms with Gasteiger partial charge in [0.25, 0.3) is 0 Å². The minimum Gasteiger partial charge on any atom is -0.491 e. The Morgan fingerprint density at radius 2 is 1.81 bits per heavy atom. The zero-order valence-corrected chi connectivity index (χ0v) is 16.1. The number of nitrogens with zero attached hydrogens (tertiary/aromatic N) is 1. The van der Waals surface area contributed by atoms with Crippen LogP contribution in [0.4, 0.5) is 4.39 Å². The van der Waals surface area contributed by atoms with Crippen molar-refractivity contribution in [2.24, 2.45) is 5.92 Å². The first kappa shape index (κ1) is 20.7. The Balaban J connectivity index is 1.91. The molecule has 0 spiro atoms. The lowest BCUT2D eigenvalue weighted by atomic mass is 10.1. The number of benzene rings is 2. The summed E-state index contributed by atoms with van der Waals surface area (Å²) in [6.45, 7) is 6.18.